The molecule has 0 atom stereocenters. The van der Waals surface area contributed by atoms with Crippen molar-refractivity contribution < 1.29 is 18.1 Å². The smallest absolute Gasteiger partial charge is 0.525 e. The van der Waals surface area contributed by atoms with E-state index >= 15 is 0 Å². The lowest BCUT2D eigenvalue weighted by atomic mass is 10.2. The van der Waals surface area contributed by atoms with Crippen molar-refractivity contribution in [2.45, 2.75) is 0 Å². The van der Waals surface area contributed by atoms with Gasteiger partial charge in [-0.25, -0.2) is 8.78 Å². The summed E-state index contributed by atoms with van der Waals surface area (Å²) in [6.07, 6.45) is 3.50. The average molecular weight is 339 g/mol. The van der Waals surface area contributed by atoms with Crippen LogP contribution in [0.5, 0.6) is 11.5 Å². The largest absolute Gasteiger partial charge is 0.658 e. The molecular weight excluding hydrogens is 325 g/mol. The fraction of sp³-hybridized carbons (Fsp3) is 0.111. The molecule has 7 heteroatoms. The van der Waals surface area contributed by atoms with Gasteiger partial charge in [0.05, 0.1) is 11.0 Å². The molecular formula is C18H14BF2N2O2. The summed E-state index contributed by atoms with van der Waals surface area (Å²) in [7, 11) is 4.85. The first-order valence-electron chi connectivity index (χ1n) is 7.67. The summed E-state index contributed by atoms with van der Waals surface area (Å²) in [5.74, 6) is 0.513. The number of aromatic nitrogens is 2. The number of aryl methyl sites for hydroxylation is 2. The van der Waals surface area contributed by atoms with Crippen LogP contribution in [0.1, 0.15) is 0 Å². The van der Waals surface area contributed by atoms with Gasteiger partial charge in [-0.05, 0) is 36.4 Å². The van der Waals surface area contributed by atoms with E-state index in [1.807, 2.05) is 14.1 Å². The van der Waals surface area contributed by atoms with E-state index < -0.39 is 0 Å². The Bertz CT molecular complexity index is 1000. The molecule has 0 spiro atoms. The fourth-order valence-electron chi connectivity index (χ4n) is 2.96. The van der Waals surface area contributed by atoms with Crippen LogP contribution in [0.15, 0.2) is 48.8 Å². The highest BCUT2D eigenvalue weighted by Gasteiger charge is 2.13. The predicted molar refractivity (Wildman–Crippen MR) is 92.8 cm³/mol. The highest BCUT2D eigenvalue weighted by Crippen LogP contribution is 2.30. The second-order valence-electron chi connectivity index (χ2n) is 5.86. The second-order valence-corrected chi connectivity index (χ2v) is 5.86. The summed E-state index contributed by atoms with van der Waals surface area (Å²) < 4.78 is 41.5. The van der Waals surface area contributed by atoms with E-state index in [-0.39, 0.29) is 11.6 Å². The van der Waals surface area contributed by atoms with Gasteiger partial charge in [-0.3, -0.25) is 0 Å². The molecule has 4 nitrogen and oxygen atoms in total. The van der Waals surface area contributed by atoms with Gasteiger partial charge in [0, 0.05) is 37.3 Å². The number of rotatable bonds is 4. The Hall–Kier alpha value is -2.96. The van der Waals surface area contributed by atoms with Gasteiger partial charge in [0.1, 0.15) is 23.1 Å². The van der Waals surface area contributed by atoms with Crippen LogP contribution in [-0.4, -0.2) is 16.8 Å². The number of benzene rings is 2. The molecule has 0 saturated carbocycles. The zero-order chi connectivity index (χ0) is 17.6. The lowest BCUT2D eigenvalue weighted by Crippen LogP contribution is -2.10. The zero-order valence-corrected chi connectivity index (χ0v) is 13.7. The van der Waals surface area contributed by atoms with Crippen LogP contribution >= 0.6 is 0 Å². The molecule has 2 aromatic heterocycles. The van der Waals surface area contributed by atoms with Gasteiger partial charge in [0.15, 0.2) is 0 Å². The van der Waals surface area contributed by atoms with Crippen molar-refractivity contribution in [2.75, 3.05) is 0 Å². The van der Waals surface area contributed by atoms with Crippen molar-refractivity contribution in [3.63, 3.8) is 0 Å². The van der Waals surface area contributed by atoms with Crippen LogP contribution < -0.4 is 9.31 Å². The third-order valence-electron chi connectivity index (χ3n) is 4.18. The monoisotopic (exact) mass is 339 g/mol. The first-order chi connectivity index (χ1) is 12.0. The lowest BCUT2D eigenvalue weighted by molar-refractivity contribution is 0.463. The van der Waals surface area contributed by atoms with E-state index in [2.05, 4.69) is 0 Å². The maximum Gasteiger partial charge on any atom is 0.658 e. The van der Waals surface area contributed by atoms with Gasteiger partial charge in [-0.1, -0.05) is 0 Å². The third kappa shape index (κ3) is 2.71. The molecule has 0 aliphatic rings. The van der Waals surface area contributed by atoms with Crippen LogP contribution in [-0.2, 0) is 14.1 Å². The minimum Gasteiger partial charge on any atom is -0.525 e. The van der Waals surface area contributed by atoms with Crippen LogP contribution in [0.25, 0.3) is 21.8 Å². The van der Waals surface area contributed by atoms with Gasteiger partial charge >= 0.3 is 7.69 Å². The molecule has 0 unspecified atom stereocenters. The van der Waals surface area contributed by atoms with E-state index in [9.17, 15) is 8.78 Å². The molecule has 2 heterocycles. The minimum absolute atomic E-state index is 0.302. The number of nitrogens with zero attached hydrogens (tertiary/aromatic N) is 2. The SMILES string of the molecule is Cn1cc(O[B]Oc2cn(C)c3cc(F)ccc23)c2ccc(F)cc21. The zero-order valence-electron chi connectivity index (χ0n) is 13.7. The number of hydrogen-bond acceptors (Lipinski definition) is 2. The molecule has 0 saturated heterocycles. The summed E-state index contributed by atoms with van der Waals surface area (Å²) in [5.41, 5.74) is 1.45. The topological polar surface area (TPSA) is 28.3 Å². The van der Waals surface area contributed by atoms with Crippen LogP contribution in [0.3, 0.4) is 0 Å². The molecule has 25 heavy (non-hydrogen) atoms. The van der Waals surface area contributed by atoms with E-state index in [0.29, 0.717) is 11.5 Å². The standard InChI is InChI=1S/C18H14BF2N2O2/c1-22-9-17(13-5-3-11(20)7-15(13)22)24-19-25-18-10-23(2)16-8-12(21)4-6-14(16)18/h3-10H,1-2H3. The molecule has 4 rings (SSSR count). The van der Waals surface area contributed by atoms with Crippen molar-refractivity contribution in [1.82, 2.24) is 9.13 Å². The Kier molecular flexibility index (Phi) is 3.64. The molecule has 2 aromatic carbocycles. The van der Waals surface area contributed by atoms with Gasteiger partial charge in [-0.15, -0.1) is 0 Å². The predicted octanol–water partition coefficient (Wildman–Crippen LogP) is 3.94. The van der Waals surface area contributed by atoms with E-state index in [0.717, 1.165) is 21.8 Å². The Morgan fingerprint density at radius 1 is 0.760 bits per heavy atom. The molecule has 0 fully saturated rings. The summed E-state index contributed by atoms with van der Waals surface area (Å²) in [6.45, 7) is 0. The molecule has 0 amide bonds. The summed E-state index contributed by atoms with van der Waals surface area (Å²) in [5, 5.41) is 1.56. The number of hydrogen-bond donors (Lipinski definition) is 0. The molecule has 4 aromatic rings. The summed E-state index contributed by atoms with van der Waals surface area (Å²) in [4.78, 5) is 0. The second kappa shape index (κ2) is 5.84. The molecule has 0 aliphatic heterocycles. The number of halogens is 2. The summed E-state index contributed by atoms with van der Waals surface area (Å²) in [6, 6.07) is 8.98. The van der Waals surface area contributed by atoms with Crippen molar-refractivity contribution in [2.24, 2.45) is 14.1 Å². The maximum atomic E-state index is 13.4. The number of fused-ring (bicyclic) bond motifs is 2. The molecule has 0 bridgehead atoms. The minimum atomic E-state index is -0.302. The highest BCUT2D eigenvalue weighted by molar-refractivity contribution is 6.22. The highest BCUT2D eigenvalue weighted by atomic mass is 19.1. The van der Waals surface area contributed by atoms with E-state index in [4.69, 9.17) is 9.31 Å². The van der Waals surface area contributed by atoms with Gasteiger partial charge in [-0.2, -0.15) is 0 Å². The Morgan fingerprint density at radius 3 is 1.64 bits per heavy atom. The first kappa shape index (κ1) is 15.6. The average Bonchev–Trinajstić information content (AvgIpc) is 3.05. The van der Waals surface area contributed by atoms with Gasteiger partial charge in [0.25, 0.3) is 0 Å². The van der Waals surface area contributed by atoms with Gasteiger partial charge in [0.2, 0.25) is 0 Å². The lowest BCUT2D eigenvalue weighted by Gasteiger charge is -2.04. The van der Waals surface area contributed by atoms with E-state index in [1.165, 1.54) is 32.0 Å². The molecule has 0 aliphatic carbocycles. The Balaban J connectivity index is 1.55. The summed E-state index contributed by atoms with van der Waals surface area (Å²) >= 11 is 0. The molecule has 125 valence electrons. The Morgan fingerprint density at radius 2 is 1.20 bits per heavy atom. The molecule has 1 radical (unpaired) electrons. The molecule has 0 N–H and O–H groups in total. The third-order valence-corrected chi connectivity index (χ3v) is 4.18. The quantitative estimate of drug-likeness (QED) is 0.527. The fourth-order valence-corrected chi connectivity index (χ4v) is 2.96. The van der Waals surface area contributed by atoms with Crippen LogP contribution in [0.4, 0.5) is 8.78 Å². The van der Waals surface area contributed by atoms with Crippen molar-refractivity contribution in [1.29, 1.82) is 0 Å². The Labute approximate surface area is 143 Å². The van der Waals surface area contributed by atoms with Crippen molar-refractivity contribution in [3.8, 4) is 11.5 Å². The van der Waals surface area contributed by atoms with Crippen LogP contribution in [0, 0.1) is 11.6 Å². The first-order valence-corrected chi connectivity index (χ1v) is 7.67. The van der Waals surface area contributed by atoms with E-state index in [1.54, 1.807) is 33.7 Å². The maximum absolute atomic E-state index is 13.4. The van der Waals surface area contributed by atoms with Crippen molar-refractivity contribution in [3.05, 3.63) is 60.4 Å². The van der Waals surface area contributed by atoms with Crippen molar-refractivity contribution >= 4 is 29.5 Å². The van der Waals surface area contributed by atoms with Crippen LogP contribution in [0.2, 0.25) is 0 Å². The van der Waals surface area contributed by atoms with Gasteiger partial charge < -0.3 is 18.4 Å². The normalized spacial score (nSPS) is 11.2.